The van der Waals surface area contributed by atoms with Gasteiger partial charge in [-0.3, -0.25) is 0 Å². The van der Waals surface area contributed by atoms with Crippen LogP contribution in [0, 0.1) is 5.92 Å². The third-order valence-corrected chi connectivity index (χ3v) is 8.89. The molecular formula is C32H31N3O2. The Kier molecular flexibility index (Phi) is 4.71. The normalized spacial score (nSPS) is 29.2. The molecule has 37 heavy (non-hydrogen) atoms. The summed E-state index contributed by atoms with van der Waals surface area (Å²) in [6, 6.07) is 15.8. The largest absolute Gasteiger partial charge is 0.461 e. The van der Waals surface area contributed by atoms with Crippen LogP contribution in [0.5, 0.6) is 11.5 Å². The molecule has 2 aromatic rings. The molecule has 6 aliphatic rings. The van der Waals surface area contributed by atoms with Crippen molar-refractivity contribution in [2.75, 3.05) is 6.54 Å². The fourth-order valence-electron chi connectivity index (χ4n) is 7.22. The SMILES string of the molecule is C1=CC2=C(CC1)Oc1ccccc1C21C2=C(CC(C3CCCN3)C=C2)Oc2cc(C3NC=CN3)ccc21. The van der Waals surface area contributed by atoms with Crippen molar-refractivity contribution >= 4 is 0 Å². The molecule has 0 bridgehead atoms. The van der Waals surface area contributed by atoms with Crippen LogP contribution >= 0.6 is 0 Å². The molecule has 0 amide bonds. The van der Waals surface area contributed by atoms with Crippen LogP contribution in [0.1, 0.15) is 55.0 Å². The summed E-state index contributed by atoms with van der Waals surface area (Å²) in [5.74, 6) is 4.52. The van der Waals surface area contributed by atoms with Crippen LogP contribution in [0.2, 0.25) is 0 Å². The maximum Gasteiger partial charge on any atom is 0.132 e. The van der Waals surface area contributed by atoms with E-state index in [1.807, 2.05) is 12.4 Å². The van der Waals surface area contributed by atoms with Crippen molar-refractivity contribution in [1.29, 1.82) is 0 Å². The van der Waals surface area contributed by atoms with E-state index in [0.717, 1.165) is 54.4 Å². The smallest absolute Gasteiger partial charge is 0.132 e. The Morgan fingerprint density at radius 1 is 0.865 bits per heavy atom. The summed E-state index contributed by atoms with van der Waals surface area (Å²) >= 11 is 0. The molecule has 3 unspecified atom stereocenters. The van der Waals surface area contributed by atoms with Gasteiger partial charge in [0, 0.05) is 53.6 Å². The average Bonchev–Trinajstić information content (AvgIpc) is 3.68. The van der Waals surface area contributed by atoms with Gasteiger partial charge in [0.2, 0.25) is 0 Å². The number of ether oxygens (including phenoxy) is 2. The molecule has 2 aliphatic carbocycles. The summed E-state index contributed by atoms with van der Waals surface area (Å²) in [7, 11) is 0. The van der Waals surface area contributed by atoms with E-state index in [0.29, 0.717) is 12.0 Å². The summed E-state index contributed by atoms with van der Waals surface area (Å²) in [5, 5.41) is 10.5. The molecule has 1 spiro atoms. The third-order valence-electron chi connectivity index (χ3n) is 8.89. The second kappa shape index (κ2) is 8.15. The molecule has 3 N–H and O–H groups in total. The number of fused-ring (bicyclic) bond motifs is 6. The first-order valence-electron chi connectivity index (χ1n) is 13.6. The van der Waals surface area contributed by atoms with Gasteiger partial charge in [-0.05, 0) is 49.4 Å². The van der Waals surface area contributed by atoms with Gasteiger partial charge in [-0.15, -0.1) is 0 Å². The van der Waals surface area contributed by atoms with Gasteiger partial charge in [0.15, 0.2) is 0 Å². The van der Waals surface area contributed by atoms with Gasteiger partial charge in [-0.1, -0.05) is 54.6 Å². The summed E-state index contributed by atoms with van der Waals surface area (Å²) < 4.78 is 13.5. The van der Waals surface area contributed by atoms with E-state index in [1.54, 1.807) is 0 Å². The Morgan fingerprint density at radius 3 is 2.59 bits per heavy atom. The zero-order valence-corrected chi connectivity index (χ0v) is 20.8. The predicted molar refractivity (Wildman–Crippen MR) is 144 cm³/mol. The highest BCUT2D eigenvalue weighted by Gasteiger charge is 2.52. The molecule has 5 nitrogen and oxygen atoms in total. The van der Waals surface area contributed by atoms with Gasteiger partial charge in [0.05, 0.1) is 5.41 Å². The number of hydrogen-bond donors (Lipinski definition) is 3. The summed E-state index contributed by atoms with van der Waals surface area (Å²) in [5.41, 5.74) is 5.61. The molecule has 1 fully saturated rings. The van der Waals surface area contributed by atoms with Crippen LogP contribution in [-0.2, 0) is 5.41 Å². The molecule has 3 atom stereocenters. The molecule has 1 saturated heterocycles. The van der Waals surface area contributed by atoms with Crippen molar-refractivity contribution < 1.29 is 9.47 Å². The van der Waals surface area contributed by atoms with E-state index in [4.69, 9.17) is 9.47 Å². The molecule has 4 heterocycles. The number of hydrogen-bond acceptors (Lipinski definition) is 5. The lowest BCUT2D eigenvalue weighted by atomic mass is 9.59. The van der Waals surface area contributed by atoms with Gasteiger partial charge in [0.25, 0.3) is 0 Å². The molecule has 186 valence electrons. The Balaban J connectivity index is 1.37. The van der Waals surface area contributed by atoms with E-state index in [1.165, 1.54) is 35.1 Å². The van der Waals surface area contributed by atoms with Crippen molar-refractivity contribution in [3.63, 3.8) is 0 Å². The van der Waals surface area contributed by atoms with Crippen LogP contribution in [0.3, 0.4) is 0 Å². The van der Waals surface area contributed by atoms with E-state index in [-0.39, 0.29) is 6.17 Å². The Bertz CT molecular complexity index is 1430. The van der Waals surface area contributed by atoms with E-state index in [2.05, 4.69) is 82.7 Å². The monoisotopic (exact) mass is 489 g/mol. The minimum Gasteiger partial charge on any atom is -0.461 e. The van der Waals surface area contributed by atoms with Crippen LogP contribution in [-0.4, -0.2) is 12.6 Å². The van der Waals surface area contributed by atoms with Gasteiger partial charge in [-0.25, -0.2) is 0 Å². The molecule has 5 heteroatoms. The quantitative estimate of drug-likeness (QED) is 0.512. The fourth-order valence-corrected chi connectivity index (χ4v) is 7.22. The number of allylic oxidation sites excluding steroid dienone is 7. The number of para-hydroxylation sites is 1. The maximum absolute atomic E-state index is 6.89. The molecule has 2 aromatic carbocycles. The topological polar surface area (TPSA) is 54.5 Å². The fraction of sp³-hybridized carbons (Fsp3) is 0.312. The van der Waals surface area contributed by atoms with Gasteiger partial charge in [-0.2, -0.15) is 0 Å². The number of nitrogens with one attached hydrogen (secondary N) is 3. The predicted octanol–water partition coefficient (Wildman–Crippen LogP) is 5.61. The molecule has 4 aliphatic heterocycles. The van der Waals surface area contributed by atoms with Crippen molar-refractivity contribution in [2.24, 2.45) is 5.92 Å². The Labute approximate surface area is 217 Å². The molecule has 0 aromatic heterocycles. The minimum atomic E-state index is -0.456. The van der Waals surface area contributed by atoms with Crippen molar-refractivity contribution in [3.8, 4) is 11.5 Å². The van der Waals surface area contributed by atoms with Gasteiger partial charge in [0.1, 0.15) is 29.2 Å². The Morgan fingerprint density at radius 2 is 1.70 bits per heavy atom. The second-order valence-electron chi connectivity index (χ2n) is 10.9. The van der Waals surface area contributed by atoms with Crippen LogP contribution in [0.15, 0.2) is 102 Å². The summed E-state index contributed by atoms with van der Waals surface area (Å²) in [6.07, 6.45) is 18.7. The van der Waals surface area contributed by atoms with Crippen molar-refractivity contribution in [2.45, 2.75) is 49.7 Å². The molecule has 0 saturated carbocycles. The third kappa shape index (κ3) is 3.07. The van der Waals surface area contributed by atoms with Crippen LogP contribution in [0.4, 0.5) is 0 Å². The van der Waals surface area contributed by atoms with Crippen molar-refractivity contribution in [1.82, 2.24) is 16.0 Å². The van der Waals surface area contributed by atoms with Crippen LogP contribution in [0.25, 0.3) is 0 Å². The Hall–Kier alpha value is -3.70. The zero-order chi connectivity index (χ0) is 24.4. The number of benzene rings is 2. The standard InChI is InChI=1S/C32H31N3O2/c1-3-9-27-22(6-1)32(23-7-2-4-10-28(23)36-27)24-13-11-20(26-8-5-15-33-26)18-29(24)37-30-19-21(12-14-25(30)32)31-34-16-17-35-31/h1-3,6-7,9,11-14,16-17,19-20,26,31,33-35H,4-5,8,10,15,18H2. The van der Waals surface area contributed by atoms with Crippen molar-refractivity contribution in [3.05, 3.63) is 119 Å². The second-order valence-corrected chi connectivity index (χ2v) is 10.9. The molecule has 0 radical (unpaired) electrons. The molecular weight excluding hydrogens is 458 g/mol. The van der Waals surface area contributed by atoms with Gasteiger partial charge >= 0.3 is 0 Å². The molecule has 8 rings (SSSR count). The lowest BCUT2D eigenvalue weighted by Crippen LogP contribution is -2.42. The zero-order valence-electron chi connectivity index (χ0n) is 20.8. The lowest BCUT2D eigenvalue weighted by molar-refractivity contribution is 0.308. The first kappa shape index (κ1) is 21.4. The first-order valence-corrected chi connectivity index (χ1v) is 13.6. The van der Waals surface area contributed by atoms with Gasteiger partial charge < -0.3 is 25.4 Å². The first-order chi connectivity index (χ1) is 18.3. The maximum atomic E-state index is 6.89. The van der Waals surface area contributed by atoms with Crippen LogP contribution < -0.4 is 25.4 Å². The summed E-state index contributed by atoms with van der Waals surface area (Å²) in [6.45, 7) is 1.11. The van der Waals surface area contributed by atoms with E-state index in [9.17, 15) is 0 Å². The lowest BCUT2D eigenvalue weighted by Gasteiger charge is -2.48. The highest BCUT2D eigenvalue weighted by atomic mass is 16.5. The highest BCUT2D eigenvalue weighted by Crippen LogP contribution is 2.60. The number of rotatable bonds is 2. The highest BCUT2D eigenvalue weighted by molar-refractivity contribution is 5.73. The van der Waals surface area contributed by atoms with E-state index >= 15 is 0 Å². The summed E-state index contributed by atoms with van der Waals surface area (Å²) in [4.78, 5) is 0. The van der Waals surface area contributed by atoms with E-state index < -0.39 is 5.41 Å². The minimum absolute atomic E-state index is 0.0493. The average molecular weight is 490 g/mol.